The van der Waals surface area contributed by atoms with Crippen LogP contribution in [0.15, 0.2) is 18.2 Å². The van der Waals surface area contributed by atoms with E-state index in [1.54, 1.807) is 19.0 Å². The summed E-state index contributed by atoms with van der Waals surface area (Å²) in [4.78, 5) is 13.0. The van der Waals surface area contributed by atoms with Gasteiger partial charge in [0, 0.05) is 25.7 Å². The van der Waals surface area contributed by atoms with Crippen LogP contribution in [0, 0.1) is 0 Å². The molecule has 1 aliphatic rings. The molecule has 0 saturated carbocycles. The highest BCUT2D eigenvalue weighted by Gasteiger charge is 2.23. The third-order valence-corrected chi connectivity index (χ3v) is 3.30. The molecule has 1 unspecified atom stereocenters. The molecule has 1 aromatic carbocycles. The van der Waals surface area contributed by atoms with Crippen molar-refractivity contribution in [3.05, 3.63) is 23.8 Å². The van der Waals surface area contributed by atoms with Gasteiger partial charge in [0.2, 0.25) is 5.91 Å². The van der Waals surface area contributed by atoms with Crippen LogP contribution in [0.3, 0.4) is 0 Å². The van der Waals surface area contributed by atoms with E-state index in [1.165, 1.54) is 5.56 Å². The van der Waals surface area contributed by atoms with Gasteiger partial charge in [0.25, 0.3) is 0 Å². The number of hydrogen-bond acceptors (Lipinski definition) is 4. The van der Waals surface area contributed by atoms with Crippen LogP contribution < -0.4 is 14.8 Å². The highest BCUT2D eigenvalue weighted by Crippen LogP contribution is 2.35. The second-order valence-corrected chi connectivity index (χ2v) is 5.01. The number of fused-ring (bicyclic) bond motifs is 1. The molecule has 1 N–H and O–H groups in total. The normalized spacial score (nSPS) is 16.4. The molecule has 20 heavy (non-hydrogen) atoms. The number of carbonyl (C=O) groups is 1. The molecule has 0 spiro atoms. The summed E-state index contributed by atoms with van der Waals surface area (Å²) in [6.45, 7) is 4.04. The van der Waals surface area contributed by atoms with Gasteiger partial charge in [-0.05, 0) is 18.7 Å². The van der Waals surface area contributed by atoms with Crippen LogP contribution in [0.4, 0.5) is 0 Å². The van der Waals surface area contributed by atoms with E-state index in [9.17, 15) is 4.79 Å². The topological polar surface area (TPSA) is 50.8 Å². The lowest BCUT2D eigenvalue weighted by Gasteiger charge is -2.12. The average Bonchev–Trinajstić information content (AvgIpc) is 2.81. The molecule has 1 aromatic rings. The van der Waals surface area contributed by atoms with Crippen molar-refractivity contribution in [1.82, 2.24) is 10.2 Å². The zero-order valence-electron chi connectivity index (χ0n) is 12.3. The Kier molecular flexibility index (Phi) is 4.84. The third-order valence-electron chi connectivity index (χ3n) is 3.30. The Balaban J connectivity index is 1.91. The van der Waals surface area contributed by atoms with Gasteiger partial charge in [-0.1, -0.05) is 6.92 Å². The van der Waals surface area contributed by atoms with Gasteiger partial charge in [-0.25, -0.2) is 0 Å². The number of nitrogens with one attached hydrogen (secondary N) is 1. The first-order valence-corrected chi connectivity index (χ1v) is 6.95. The molecule has 0 fully saturated rings. The zero-order valence-corrected chi connectivity index (χ0v) is 12.3. The van der Waals surface area contributed by atoms with Crippen molar-refractivity contribution in [3.8, 4) is 11.5 Å². The van der Waals surface area contributed by atoms with Crippen molar-refractivity contribution < 1.29 is 14.3 Å². The first-order valence-electron chi connectivity index (χ1n) is 6.95. The van der Waals surface area contributed by atoms with Gasteiger partial charge in [-0.3, -0.25) is 4.79 Å². The van der Waals surface area contributed by atoms with Crippen LogP contribution in [0.5, 0.6) is 11.5 Å². The first kappa shape index (κ1) is 14.7. The molecule has 5 nitrogen and oxygen atoms in total. The van der Waals surface area contributed by atoms with Crippen LogP contribution in [-0.4, -0.2) is 44.7 Å². The number of amides is 1. The fourth-order valence-electron chi connectivity index (χ4n) is 2.18. The lowest BCUT2D eigenvalue weighted by Crippen LogP contribution is -2.23. The van der Waals surface area contributed by atoms with Crippen LogP contribution in [0.25, 0.3) is 0 Å². The van der Waals surface area contributed by atoms with Gasteiger partial charge < -0.3 is 19.7 Å². The monoisotopic (exact) mass is 278 g/mol. The number of ether oxygens (including phenoxy) is 2. The molecule has 1 heterocycles. The van der Waals surface area contributed by atoms with Crippen molar-refractivity contribution in [2.24, 2.45) is 0 Å². The predicted molar refractivity (Wildman–Crippen MR) is 77.2 cm³/mol. The standard InChI is InChI=1S/C15H22N2O3/c1-4-16-13-10-20-14-9-11(5-6-12(13)14)19-8-7-15(18)17(2)3/h5-6,9,13,16H,4,7-8,10H2,1-3H3. The summed E-state index contributed by atoms with van der Waals surface area (Å²) in [6.07, 6.45) is 0.380. The predicted octanol–water partition coefficient (Wildman–Crippen LogP) is 1.59. The third kappa shape index (κ3) is 3.42. The number of carbonyl (C=O) groups excluding carboxylic acids is 1. The first-order chi connectivity index (χ1) is 9.61. The number of benzene rings is 1. The van der Waals surface area contributed by atoms with Gasteiger partial charge in [-0.15, -0.1) is 0 Å². The van der Waals surface area contributed by atoms with E-state index >= 15 is 0 Å². The molecule has 0 aliphatic carbocycles. The van der Waals surface area contributed by atoms with E-state index < -0.39 is 0 Å². The van der Waals surface area contributed by atoms with E-state index in [-0.39, 0.29) is 11.9 Å². The van der Waals surface area contributed by atoms with Gasteiger partial charge >= 0.3 is 0 Å². The van der Waals surface area contributed by atoms with Gasteiger partial charge in [-0.2, -0.15) is 0 Å². The molecule has 0 saturated heterocycles. The maximum absolute atomic E-state index is 11.4. The lowest BCUT2D eigenvalue weighted by molar-refractivity contribution is -0.129. The van der Waals surface area contributed by atoms with Crippen LogP contribution >= 0.6 is 0 Å². The molecule has 0 aromatic heterocycles. The quantitative estimate of drug-likeness (QED) is 0.858. The lowest BCUT2D eigenvalue weighted by atomic mass is 10.1. The molecular formula is C15H22N2O3. The van der Waals surface area contributed by atoms with Crippen LogP contribution in [-0.2, 0) is 4.79 Å². The minimum Gasteiger partial charge on any atom is -0.493 e. The van der Waals surface area contributed by atoms with E-state index in [1.807, 2.05) is 18.2 Å². The number of hydrogen-bond donors (Lipinski definition) is 1. The Morgan fingerprint density at radius 3 is 3.00 bits per heavy atom. The molecular weight excluding hydrogens is 256 g/mol. The Morgan fingerprint density at radius 1 is 1.50 bits per heavy atom. The molecule has 110 valence electrons. The maximum Gasteiger partial charge on any atom is 0.225 e. The molecule has 1 aliphatic heterocycles. The Labute approximate surface area is 119 Å². The largest absolute Gasteiger partial charge is 0.493 e. The summed E-state index contributed by atoms with van der Waals surface area (Å²) < 4.78 is 11.3. The van der Waals surface area contributed by atoms with Crippen molar-refractivity contribution in [2.45, 2.75) is 19.4 Å². The van der Waals surface area contributed by atoms with Crippen molar-refractivity contribution in [1.29, 1.82) is 0 Å². The number of nitrogens with zero attached hydrogens (tertiary/aromatic N) is 1. The summed E-state index contributed by atoms with van der Waals surface area (Å²) in [5.41, 5.74) is 1.17. The van der Waals surface area contributed by atoms with Gasteiger partial charge in [0.1, 0.15) is 18.1 Å². The molecule has 1 atom stereocenters. The fraction of sp³-hybridized carbons (Fsp3) is 0.533. The van der Waals surface area contributed by atoms with E-state index in [0.29, 0.717) is 19.6 Å². The Bertz CT molecular complexity index is 474. The summed E-state index contributed by atoms with van der Waals surface area (Å²) in [5.74, 6) is 1.68. The van der Waals surface area contributed by atoms with Crippen molar-refractivity contribution in [2.75, 3.05) is 33.9 Å². The van der Waals surface area contributed by atoms with Crippen molar-refractivity contribution in [3.63, 3.8) is 0 Å². The minimum atomic E-state index is 0.0645. The number of rotatable bonds is 6. The highest BCUT2D eigenvalue weighted by molar-refractivity contribution is 5.75. The summed E-state index contributed by atoms with van der Waals surface area (Å²) in [5, 5.41) is 3.37. The molecule has 5 heteroatoms. The van der Waals surface area contributed by atoms with Crippen molar-refractivity contribution >= 4 is 5.91 Å². The molecule has 0 radical (unpaired) electrons. The maximum atomic E-state index is 11.4. The van der Waals surface area contributed by atoms with Crippen LogP contribution in [0.2, 0.25) is 0 Å². The number of likely N-dealkylation sites (N-methyl/N-ethyl adjacent to an activating group) is 1. The summed E-state index contributed by atoms with van der Waals surface area (Å²) in [7, 11) is 3.48. The Morgan fingerprint density at radius 2 is 2.30 bits per heavy atom. The summed E-state index contributed by atoms with van der Waals surface area (Å²) >= 11 is 0. The molecule has 0 bridgehead atoms. The zero-order chi connectivity index (χ0) is 14.5. The van der Waals surface area contributed by atoms with Gasteiger partial charge in [0.15, 0.2) is 0 Å². The Hall–Kier alpha value is -1.75. The fourth-order valence-corrected chi connectivity index (χ4v) is 2.18. The second-order valence-electron chi connectivity index (χ2n) is 5.01. The van der Waals surface area contributed by atoms with E-state index in [2.05, 4.69) is 12.2 Å². The minimum absolute atomic E-state index is 0.0645. The molecule has 2 rings (SSSR count). The van der Waals surface area contributed by atoms with E-state index in [0.717, 1.165) is 18.0 Å². The highest BCUT2D eigenvalue weighted by atomic mass is 16.5. The average molecular weight is 278 g/mol. The van der Waals surface area contributed by atoms with Crippen LogP contribution in [0.1, 0.15) is 24.9 Å². The smallest absolute Gasteiger partial charge is 0.225 e. The summed E-state index contributed by atoms with van der Waals surface area (Å²) in [6, 6.07) is 6.11. The second kappa shape index (κ2) is 6.61. The van der Waals surface area contributed by atoms with E-state index in [4.69, 9.17) is 9.47 Å². The molecule has 1 amide bonds. The SMILES string of the molecule is CCNC1COc2cc(OCCC(=O)N(C)C)ccc21. The van der Waals surface area contributed by atoms with Gasteiger partial charge in [0.05, 0.1) is 19.1 Å².